The number of fused-ring (bicyclic) bond motifs is 1. The molecule has 0 bridgehead atoms. The number of hydrogen-bond acceptors (Lipinski definition) is 3. The number of carbonyl (C=O) groups excluding carboxylic acids is 1. The number of para-hydroxylation sites is 1. The van der Waals surface area contributed by atoms with Gasteiger partial charge < -0.3 is 20.4 Å². The molecule has 1 aromatic heterocycles. The molecule has 1 atom stereocenters. The highest BCUT2D eigenvalue weighted by Gasteiger charge is 2.14. The lowest BCUT2D eigenvalue weighted by molar-refractivity contribution is -0.123. The van der Waals surface area contributed by atoms with Crippen LogP contribution in [0.5, 0.6) is 5.75 Å². The number of rotatable bonds is 8. The zero-order chi connectivity index (χ0) is 21.7. The maximum atomic E-state index is 14.1. The second kappa shape index (κ2) is 9.68. The Morgan fingerprint density at radius 3 is 2.80 bits per heavy atom. The van der Waals surface area contributed by atoms with E-state index in [4.69, 9.17) is 10.1 Å². The van der Waals surface area contributed by atoms with Crippen molar-refractivity contribution in [1.82, 2.24) is 10.3 Å². The van der Waals surface area contributed by atoms with Crippen molar-refractivity contribution in [1.29, 1.82) is 5.41 Å². The Balaban J connectivity index is 1.60. The molecule has 3 rings (SSSR count). The number of carbonyl (C=O) groups is 1. The summed E-state index contributed by atoms with van der Waals surface area (Å²) in [5, 5.41) is 11.8. The van der Waals surface area contributed by atoms with Crippen LogP contribution in [0.4, 0.5) is 4.39 Å². The largest absolute Gasteiger partial charge is 0.483 e. The Bertz CT molecular complexity index is 1120. The van der Waals surface area contributed by atoms with Crippen LogP contribution in [0.15, 0.2) is 42.5 Å². The van der Waals surface area contributed by atoms with E-state index in [1.54, 1.807) is 18.2 Å². The molecule has 0 aliphatic rings. The van der Waals surface area contributed by atoms with Crippen molar-refractivity contribution in [3.63, 3.8) is 0 Å². The molecule has 0 fully saturated rings. The monoisotopic (exact) mass is 425 g/mol. The number of hydrogen-bond donors (Lipinski definition) is 3. The molecule has 5 nitrogen and oxygen atoms in total. The van der Waals surface area contributed by atoms with Crippen LogP contribution in [0.25, 0.3) is 16.2 Å². The summed E-state index contributed by atoms with van der Waals surface area (Å²) in [5.41, 5.74) is 4.25. The number of halogens is 1. The van der Waals surface area contributed by atoms with Crippen LogP contribution < -0.4 is 10.1 Å². The number of aryl methyl sites for hydroxylation is 2. The summed E-state index contributed by atoms with van der Waals surface area (Å²) in [6.45, 7) is 4.18. The van der Waals surface area contributed by atoms with E-state index in [2.05, 4.69) is 19.5 Å². The van der Waals surface area contributed by atoms with Crippen molar-refractivity contribution >= 4 is 37.6 Å². The van der Waals surface area contributed by atoms with Gasteiger partial charge in [0.05, 0.1) is 5.52 Å². The number of H-pyrrole nitrogens is 1. The predicted octanol–water partition coefficient (Wildman–Crippen LogP) is 4.53. The second-order valence-corrected chi connectivity index (χ2v) is 7.64. The number of amides is 1. The molecule has 3 N–H and O–H groups in total. The van der Waals surface area contributed by atoms with Gasteiger partial charge in [0.15, 0.2) is 6.61 Å². The van der Waals surface area contributed by atoms with Crippen molar-refractivity contribution in [2.24, 2.45) is 0 Å². The molecule has 3 aromatic rings. The number of aromatic nitrogens is 1. The molecule has 0 spiro atoms. The summed E-state index contributed by atoms with van der Waals surface area (Å²) in [4.78, 5) is 15.4. The molecule has 7 heteroatoms. The number of aromatic amines is 1. The van der Waals surface area contributed by atoms with Gasteiger partial charge in [-0.05, 0) is 54.9 Å². The lowest BCUT2D eigenvalue weighted by Gasteiger charge is -2.12. The van der Waals surface area contributed by atoms with E-state index in [-0.39, 0.29) is 18.3 Å². The fraction of sp³-hybridized carbons (Fsp3) is 0.217. The van der Waals surface area contributed by atoms with Crippen LogP contribution in [0.3, 0.4) is 0 Å². The van der Waals surface area contributed by atoms with Gasteiger partial charge in [-0.2, -0.15) is 0 Å². The van der Waals surface area contributed by atoms with Crippen LogP contribution in [0.2, 0.25) is 0 Å². The quantitative estimate of drug-likeness (QED) is 0.366. The minimum atomic E-state index is -0.272. The molecule has 1 amide bonds. The van der Waals surface area contributed by atoms with E-state index in [9.17, 15) is 9.18 Å². The number of ether oxygens (including phenoxy) is 1. The van der Waals surface area contributed by atoms with E-state index < -0.39 is 0 Å². The third kappa shape index (κ3) is 4.77. The van der Waals surface area contributed by atoms with Crippen molar-refractivity contribution in [3.05, 3.63) is 70.7 Å². The van der Waals surface area contributed by atoms with Crippen LogP contribution >= 0.6 is 9.24 Å². The minimum Gasteiger partial charge on any atom is -0.483 e. The fourth-order valence-corrected chi connectivity index (χ4v) is 3.82. The molecule has 30 heavy (non-hydrogen) atoms. The molecule has 0 aliphatic heterocycles. The summed E-state index contributed by atoms with van der Waals surface area (Å²) in [6, 6.07) is 10.6. The highest BCUT2D eigenvalue weighted by molar-refractivity contribution is 7.31. The molecule has 0 radical (unpaired) electrons. The zero-order valence-corrected chi connectivity index (χ0v) is 18.2. The maximum absolute atomic E-state index is 14.1. The molecular formula is C23H25FN3O2P. The first-order chi connectivity index (χ1) is 14.4. The van der Waals surface area contributed by atoms with Crippen molar-refractivity contribution < 1.29 is 13.9 Å². The SMILES string of the molecule is Cc1[nH]c2c(F)ccc(C)c2c1CCNC(=O)COc1ccccc1/C(P)=C/C=N. The summed E-state index contributed by atoms with van der Waals surface area (Å²) in [5.74, 6) is 0.0763. The standard InChI is InChI=1S/C23H25FN3O2P/c1-14-7-8-18(24)23-22(14)16(15(2)27-23)10-12-26-21(28)13-29-19-6-4-3-5-17(19)20(30)9-11-25/h3-9,11,25,27H,10,12-13,30H2,1-2H3,(H,26,28)/b20-9-,25-11?. The fourth-order valence-electron chi connectivity index (χ4n) is 3.49. The summed E-state index contributed by atoms with van der Waals surface area (Å²) in [6.07, 6.45) is 3.43. The number of allylic oxidation sites excluding steroid dienone is 1. The molecule has 2 aromatic carbocycles. The van der Waals surface area contributed by atoms with Crippen LogP contribution in [-0.2, 0) is 11.2 Å². The van der Waals surface area contributed by atoms with Gasteiger partial charge in [-0.15, -0.1) is 9.24 Å². The Kier molecular flexibility index (Phi) is 7.01. The van der Waals surface area contributed by atoms with Gasteiger partial charge in [0, 0.05) is 29.4 Å². The Morgan fingerprint density at radius 1 is 1.27 bits per heavy atom. The smallest absolute Gasteiger partial charge is 0.257 e. The van der Waals surface area contributed by atoms with E-state index in [1.165, 1.54) is 12.3 Å². The van der Waals surface area contributed by atoms with Gasteiger partial charge in [0.2, 0.25) is 0 Å². The van der Waals surface area contributed by atoms with Crippen LogP contribution in [0.1, 0.15) is 22.4 Å². The van der Waals surface area contributed by atoms with E-state index >= 15 is 0 Å². The third-order valence-corrected chi connectivity index (χ3v) is 5.45. The van der Waals surface area contributed by atoms with Gasteiger partial charge >= 0.3 is 0 Å². The highest BCUT2D eigenvalue weighted by Crippen LogP contribution is 2.30. The van der Waals surface area contributed by atoms with Gasteiger partial charge in [0.1, 0.15) is 11.6 Å². The summed E-state index contributed by atoms with van der Waals surface area (Å²) >= 11 is 0. The Hall–Kier alpha value is -2.98. The zero-order valence-electron chi connectivity index (χ0n) is 17.0. The molecule has 0 aliphatic carbocycles. The van der Waals surface area contributed by atoms with Crippen molar-refractivity contribution in [2.45, 2.75) is 20.3 Å². The van der Waals surface area contributed by atoms with Gasteiger partial charge in [-0.1, -0.05) is 24.3 Å². The normalized spacial score (nSPS) is 11.5. The second-order valence-electron chi connectivity index (χ2n) is 7.02. The van der Waals surface area contributed by atoms with Crippen molar-refractivity contribution in [2.75, 3.05) is 13.2 Å². The van der Waals surface area contributed by atoms with Crippen LogP contribution in [0, 0.1) is 25.1 Å². The molecule has 156 valence electrons. The molecule has 0 saturated carbocycles. The molecule has 0 saturated heterocycles. The molecular weight excluding hydrogens is 400 g/mol. The van der Waals surface area contributed by atoms with Crippen LogP contribution in [-0.4, -0.2) is 30.3 Å². The van der Waals surface area contributed by atoms with Gasteiger partial charge in [-0.25, -0.2) is 4.39 Å². The molecule has 1 heterocycles. The lowest BCUT2D eigenvalue weighted by atomic mass is 10.0. The average molecular weight is 425 g/mol. The van der Waals surface area contributed by atoms with Gasteiger partial charge in [-0.3, -0.25) is 4.79 Å². The Labute approximate surface area is 177 Å². The summed E-state index contributed by atoms with van der Waals surface area (Å²) < 4.78 is 19.8. The van der Waals surface area contributed by atoms with Gasteiger partial charge in [0.25, 0.3) is 5.91 Å². The topological polar surface area (TPSA) is 78.0 Å². The molecule has 1 unspecified atom stereocenters. The van der Waals surface area contributed by atoms with E-state index in [0.29, 0.717) is 24.2 Å². The first-order valence-corrected chi connectivity index (χ1v) is 10.2. The predicted molar refractivity (Wildman–Crippen MR) is 123 cm³/mol. The highest BCUT2D eigenvalue weighted by atomic mass is 31.0. The lowest BCUT2D eigenvalue weighted by Crippen LogP contribution is -2.30. The average Bonchev–Trinajstić information content (AvgIpc) is 3.07. The first-order valence-electron chi connectivity index (χ1n) is 9.63. The maximum Gasteiger partial charge on any atom is 0.257 e. The van der Waals surface area contributed by atoms with E-state index in [1.807, 2.05) is 32.0 Å². The minimum absolute atomic E-state index is 0.111. The third-order valence-electron chi connectivity index (χ3n) is 4.95. The van der Waals surface area contributed by atoms with Crippen molar-refractivity contribution in [3.8, 4) is 5.75 Å². The Morgan fingerprint density at radius 2 is 2.03 bits per heavy atom. The summed E-state index contributed by atoms with van der Waals surface area (Å²) in [7, 11) is 2.56. The number of nitrogens with one attached hydrogen (secondary N) is 3. The van der Waals surface area contributed by atoms with E-state index in [0.717, 1.165) is 33.1 Å². The first kappa shape index (κ1) is 21.7. The number of benzene rings is 2.